The van der Waals surface area contributed by atoms with E-state index in [1.807, 2.05) is 0 Å². The maximum absolute atomic E-state index is 12.3. The highest BCUT2D eigenvalue weighted by Crippen LogP contribution is 2.09. The van der Waals surface area contributed by atoms with Crippen molar-refractivity contribution in [2.45, 2.75) is 25.6 Å². The Balaban J connectivity index is 2.39. The lowest BCUT2D eigenvalue weighted by Crippen LogP contribution is -2.28. The molecule has 0 bridgehead atoms. The fraction of sp³-hybridized carbons (Fsp3) is 0.833. The molecule has 1 fully saturated rings. The van der Waals surface area contributed by atoms with E-state index in [9.17, 15) is 9.18 Å². The van der Waals surface area contributed by atoms with Gasteiger partial charge in [-0.05, 0) is 6.92 Å². The van der Waals surface area contributed by atoms with Gasteiger partial charge in [-0.1, -0.05) is 0 Å². The lowest BCUT2D eigenvalue weighted by molar-refractivity contribution is -0.118. The normalized spacial score (nSPS) is 34.9. The molecule has 0 aliphatic carbocycles. The van der Waals surface area contributed by atoms with E-state index < -0.39 is 6.17 Å². The topological polar surface area (TPSA) is 29.1 Å². The van der Waals surface area contributed by atoms with E-state index in [0.717, 1.165) is 0 Å². The van der Waals surface area contributed by atoms with E-state index >= 15 is 0 Å². The van der Waals surface area contributed by atoms with E-state index in [4.69, 9.17) is 0 Å². The molecular formula is C6H10FNO. The molecule has 9 heavy (non-hydrogen) atoms. The number of alkyl halides is 1. The van der Waals surface area contributed by atoms with Crippen LogP contribution in [0.3, 0.4) is 0 Å². The summed E-state index contributed by atoms with van der Waals surface area (Å²) in [5.41, 5.74) is 0. The molecule has 0 amide bonds. The van der Waals surface area contributed by atoms with Crippen molar-refractivity contribution < 1.29 is 9.18 Å². The highest BCUT2D eigenvalue weighted by Gasteiger charge is 2.26. The number of halogens is 1. The molecule has 0 saturated carbocycles. The van der Waals surface area contributed by atoms with Crippen LogP contribution in [0.4, 0.5) is 4.39 Å². The fourth-order valence-electron chi connectivity index (χ4n) is 1.00. The number of carbonyl (C=O) groups excluding carboxylic acids is 1. The van der Waals surface area contributed by atoms with Crippen LogP contribution in [0.1, 0.15) is 13.3 Å². The highest BCUT2D eigenvalue weighted by atomic mass is 19.1. The molecule has 1 rings (SSSR count). The van der Waals surface area contributed by atoms with Crippen LogP contribution in [-0.2, 0) is 4.79 Å². The number of hydrogen-bond acceptors (Lipinski definition) is 2. The molecule has 3 heteroatoms. The largest absolute Gasteiger partial charge is 0.304 e. The van der Waals surface area contributed by atoms with Crippen molar-refractivity contribution in [3.8, 4) is 0 Å². The fourth-order valence-corrected chi connectivity index (χ4v) is 1.00. The third kappa shape index (κ3) is 1.48. The summed E-state index contributed by atoms with van der Waals surface area (Å²) in [5.74, 6) is 0.0372. The van der Waals surface area contributed by atoms with Crippen molar-refractivity contribution in [3.05, 3.63) is 0 Å². The van der Waals surface area contributed by atoms with Gasteiger partial charge in [0.25, 0.3) is 0 Å². The third-order valence-electron chi connectivity index (χ3n) is 1.57. The van der Waals surface area contributed by atoms with E-state index in [2.05, 4.69) is 5.32 Å². The summed E-state index contributed by atoms with van der Waals surface area (Å²) in [7, 11) is 0. The highest BCUT2D eigenvalue weighted by molar-refractivity contribution is 5.81. The summed E-state index contributed by atoms with van der Waals surface area (Å²) in [6, 6.07) is -0.222. The molecule has 0 unspecified atom stereocenters. The molecule has 0 radical (unpaired) electrons. The zero-order valence-corrected chi connectivity index (χ0v) is 5.36. The van der Waals surface area contributed by atoms with Gasteiger partial charge < -0.3 is 5.32 Å². The SMILES string of the molecule is CC(=O)[C@H]1C[C@@H](F)CN1. The second-order valence-corrected chi connectivity index (χ2v) is 2.40. The molecule has 1 saturated heterocycles. The minimum Gasteiger partial charge on any atom is -0.304 e. The molecule has 0 spiro atoms. The molecule has 52 valence electrons. The van der Waals surface area contributed by atoms with Gasteiger partial charge in [-0.15, -0.1) is 0 Å². The van der Waals surface area contributed by atoms with Gasteiger partial charge in [0.15, 0.2) is 0 Å². The average Bonchev–Trinajstić information content (AvgIpc) is 2.14. The zero-order valence-electron chi connectivity index (χ0n) is 5.36. The molecule has 0 aromatic rings. The van der Waals surface area contributed by atoms with E-state index in [1.165, 1.54) is 6.92 Å². The Hall–Kier alpha value is -0.440. The molecule has 0 aromatic heterocycles. The van der Waals surface area contributed by atoms with Crippen LogP contribution in [0, 0.1) is 0 Å². The number of Topliss-reactive ketones (excluding diaryl/α,β-unsaturated/α-hetero) is 1. The van der Waals surface area contributed by atoms with Gasteiger partial charge >= 0.3 is 0 Å². The van der Waals surface area contributed by atoms with Crippen LogP contribution < -0.4 is 5.32 Å². The molecule has 1 heterocycles. The second kappa shape index (κ2) is 2.43. The van der Waals surface area contributed by atoms with Gasteiger partial charge in [0, 0.05) is 13.0 Å². The van der Waals surface area contributed by atoms with Crippen molar-refractivity contribution in [2.24, 2.45) is 0 Å². The Kier molecular flexibility index (Phi) is 1.81. The standard InChI is InChI=1S/C6H10FNO/c1-4(9)6-2-5(7)3-8-6/h5-6,8H,2-3H2,1H3/t5-,6-/m1/s1. The van der Waals surface area contributed by atoms with Crippen LogP contribution in [0.15, 0.2) is 0 Å². The maximum atomic E-state index is 12.3. The summed E-state index contributed by atoms with van der Waals surface area (Å²) in [4.78, 5) is 10.6. The molecule has 0 aromatic carbocycles. The average molecular weight is 131 g/mol. The van der Waals surface area contributed by atoms with Crippen LogP contribution in [0.25, 0.3) is 0 Å². The maximum Gasteiger partial charge on any atom is 0.146 e. The molecule has 2 atom stereocenters. The first-order chi connectivity index (χ1) is 4.20. The van der Waals surface area contributed by atoms with Gasteiger partial charge in [-0.3, -0.25) is 4.79 Å². The van der Waals surface area contributed by atoms with Crippen LogP contribution in [0.2, 0.25) is 0 Å². The van der Waals surface area contributed by atoms with Crippen molar-refractivity contribution in [1.29, 1.82) is 0 Å². The van der Waals surface area contributed by atoms with E-state index in [1.54, 1.807) is 0 Å². The molecule has 2 nitrogen and oxygen atoms in total. The minimum atomic E-state index is -0.820. The third-order valence-corrected chi connectivity index (χ3v) is 1.57. The number of rotatable bonds is 1. The summed E-state index contributed by atoms with van der Waals surface area (Å²) < 4.78 is 12.3. The number of nitrogens with one attached hydrogen (secondary N) is 1. The first-order valence-corrected chi connectivity index (χ1v) is 3.08. The summed E-state index contributed by atoms with van der Waals surface area (Å²) in [5, 5.41) is 2.78. The summed E-state index contributed by atoms with van der Waals surface area (Å²) in [6.45, 7) is 1.82. The first-order valence-electron chi connectivity index (χ1n) is 3.08. The molecule has 1 N–H and O–H groups in total. The van der Waals surface area contributed by atoms with Crippen molar-refractivity contribution in [3.63, 3.8) is 0 Å². The molecule has 1 aliphatic rings. The lowest BCUT2D eigenvalue weighted by atomic mass is 10.1. The number of ketones is 1. The van der Waals surface area contributed by atoms with Crippen molar-refractivity contribution >= 4 is 5.78 Å². The Morgan fingerprint density at radius 3 is 2.67 bits per heavy atom. The Bertz CT molecular complexity index is 126. The predicted molar refractivity (Wildman–Crippen MR) is 32.0 cm³/mol. The van der Waals surface area contributed by atoms with Crippen molar-refractivity contribution in [1.82, 2.24) is 5.32 Å². The lowest BCUT2D eigenvalue weighted by Gasteiger charge is -2.01. The van der Waals surface area contributed by atoms with E-state index in [-0.39, 0.29) is 11.8 Å². The Morgan fingerprint density at radius 2 is 2.44 bits per heavy atom. The number of hydrogen-bond donors (Lipinski definition) is 1. The molecular weight excluding hydrogens is 121 g/mol. The number of carbonyl (C=O) groups is 1. The first kappa shape index (κ1) is 6.68. The quantitative estimate of drug-likeness (QED) is 0.553. The zero-order chi connectivity index (χ0) is 6.85. The van der Waals surface area contributed by atoms with Crippen molar-refractivity contribution in [2.75, 3.05) is 6.54 Å². The van der Waals surface area contributed by atoms with Gasteiger partial charge in [-0.2, -0.15) is 0 Å². The van der Waals surface area contributed by atoms with Crippen LogP contribution >= 0.6 is 0 Å². The van der Waals surface area contributed by atoms with Gasteiger partial charge in [-0.25, -0.2) is 4.39 Å². The minimum absolute atomic E-state index is 0.0372. The van der Waals surface area contributed by atoms with Gasteiger partial charge in [0.2, 0.25) is 0 Å². The predicted octanol–water partition coefficient (Wildman–Crippen LogP) is 0.275. The van der Waals surface area contributed by atoms with Gasteiger partial charge in [0.05, 0.1) is 6.04 Å². The molecule has 1 aliphatic heterocycles. The van der Waals surface area contributed by atoms with E-state index in [0.29, 0.717) is 13.0 Å². The van der Waals surface area contributed by atoms with Crippen LogP contribution in [-0.4, -0.2) is 24.5 Å². The summed E-state index contributed by atoms with van der Waals surface area (Å²) >= 11 is 0. The monoisotopic (exact) mass is 131 g/mol. The smallest absolute Gasteiger partial charge is 0.146 e. The Labute approximate surface area is 53.4 Å². The van der Waals surface area contributed by atoms with Gasteiger partial charge in [0.1, 0.15) is 12.0 Å². The summed E-state index contributed by atoms with van der Waals surface area (Å²) in [6.07, 6.45) is -0.464. The van der Waals surface area contributed by atoms with Crippen LogP contribution in [0.5, 0.6) is 0 Å². The second-order valence-electron chi connectivity index (χ2n) is 2.40. The Morgan fingerprint density at radius 1 is 1.78 bits per heavy atom.